The van der Waals surface area contributed by atoms with E-state index in [4.69, 9.17) is 10.3 Å². The lowest BCUT2D eigenvalue weighted by atomic mass is 10.1. The van der Waals surface area contributed by atoms with Crippen LogP contribution in [-0.2, 0) is 4.74 Å². The van der Waals surface area contributed by atoms with Gasteiger partial charge in [0.25, 0.3) is 0 Å². The molecule has 0 aromatic carbocycles. The number of rotatable bonds is 1. The van der Waals surface area contributed by atoms with Crippen molar-refractivity contribution >= 4 is 6.09 Å². The van der Waals surface area contributed by atoms with Crippen molar-refractivity contribution in [2.24, 2.45) is 5.11 Å². The Balaban J connectivity index is 2.64. The SMILES string of the molecule is CC(C)(C)OC(=O)N1CCCC(N=[N+]=[N-])C(O)C1. The van der Waals surface area contributed by atoms with Gasteiger partial charge >= 0.3 is 6.09 Å². The summed E-state index contributed by atoms with van der Waals surface area (Å²) in [6.07, 6.45) is -0.0242. The van der Waals surface area contributed by atoms with E-state index in [1.54, 1.807) is 20.8 Å². The summed E-state index contributed by atoms with van der Waals surface area (Å²) >= 11 is 0. The third-order valence-electron chi connectivity index (χ3n) is 2.63. The summed E-state index contributed by atoms with van der Waals surface area (Å²) in [7, 11) is 0. The van der Waals surface area contributed by atoms with Gasteiger partial charge in [0.2, 0.25) is 0 Å². The van der Waals surface area contributed by atoms with Gasteiger partial charge in [-0.25, -0.2) is 4.79 Å². The van der Waals surface area contributed by atoms with Crippen LogP contribution in [0.25, 0.3) is 10.4 Å². The number of aliphatic hydroxyl groups is 1. The second kappa shape index (κ2) is 5.93. The van der Waals surface area contributed by atoms with Crippen LogP contribution < -0.4 is 0 Å². The average Bonchev–Trinajstić information content (AvgIpc) is 2.40. The molecule has 1 N–H and O–H groups in total. The molecule has 0 aromatic heterocycles. The molecule has 2 unspecified atom stereocenters. The highest BCUT2D eigenvalue weighted by Crippen LogP contribution is 2.17. The molecular formula is C11H20N4O3. The zero-order valence-corrected chi connectivity index (χ0v) is 11.0. The fraction of sp³-hybridized carbons (Fsp3) is 0.909. The van der Waals surface area contributed by atoms with Crippen molar-refractivity contribution in [1.29, 1.82) is 0 Å². The number of ether oxygens (including phenoxy) is 1. The van der Waals surface area contributed by atoms with Crippen LogP contribution in [0.1, 0.15) is 33.6 Å². The number of azide groups is 1. The fourth-order valence-corrected chi connectivity index (χ4v) is 1.82. The fourth-order valence-electron chi connectivity index (χ4n) is 1.82. The van der Waals surface area contributed by atoms with Crippen molar-refractivity contribution in [3.05, 3.63) is 10.4 Å². The lowest BCUT2D eigenvalue weighted by Gasteiger charge is -2.27. The highest BCUT2D eigenvalue weighted by atomic mass is 16.6. The molecule has 0 saturated carbocycles. The van der Waals surface area contributed by atoms with Gasteiger partial charge < -0.3 is 14.7 Å². The van der Waals surface area contributed by atoms with Crippen LogP contribution in [-0.4, -0.2) is 46.9 Å². The summed E-state index contributed by atoms with van der Waals surface area (Å²) in [5.41, 5.74) is 7.84. The van der Waals surface area contributed by atoms with E-state index in [1.807, 2.05) is 0 Å². The molecule has 1 rings (SSSR count). The molecule has 1 amide bonds. The Hall–Kier alpha value is -1.46. The monoisotopic (exact) mass is 256 g/mol. The third kappa shape index (κ3) is 4.43. The average molecular weight is 256 g/mol. The van der Waals surface area contributed by atoms with Gasteiger partial charge in [-0.2, -0.15) is 0 Å². The van der Waals surface area contributed by atoms with Crippen LogP contribution in [0.5, 0.6) is 0 Å². The van der Waals surface area contributed by atoms with Crippen molar-refractivity contribution in [3.8, 4) is 0 Å². The van der Waals surface area contributed by atoms with Crippen LogP contribution in [0.2, 0.25) is 0 Å². The lowest BCUT2D eigenvalue weighted by Crippen LogP contribution is -2.42. The summed E-state index contributed by atoms with van der Waals surface area (Å²) in [5, 5.41) is 13.4. The van der Waals surface area contributed by atoms with E-state index in [0.29, 0.717) is 19.4 Å². The minimum absolute atomic E-state index is 0.137. The number of nitrogens with zero attached hydrogens (tertiary/aromatic N) is 4. The van der Waals surface area contributed by atoms with E-state index < -0.39 is 23.8 Å². The van der Waals surface area contributed by atoms with Gasteiger partial charge in [-0.05, 0) is 39.1 Å². The first-order valence-corrected chi connectivity index (χ1v) is 6.03. The Bertz CT molecular complexity index is 347. The maximum Gasteiger partial charge on any atom is 0.410 e. The normalized spacial score (nSPS) is 25.0. The maximum absolute atomic E-state index is 11.9. The predicted molar refractivity (Wildman–Crippen MR) is 66.0 cm³/mol. The third-order valence-corrected chi connectivity index (χ3v) is 2.63. The second-order valence-corrected chi connectivity index (χ2v) is 5.41. The number of carbonyl (C=O) groups is 1. The first kappa shape index (κ1) is 14.6. The molecule has 102 valence electrons. The summed E-state index contributed by atoms with van der Waals surface area (Å²) in [4.78, 5) is 16.0. The molecule has 18 heavy (non-hydrogen) atoms. The Labute approximate surface area is 106 Å². The topological polar surface area (TPSA) is 98.5 Å². The number of hydrogen-bond donors (Lipinski definition) is 1. The summed E-state index contributed by atoms with van der Waals surface area (Å²) in [5.74, 6) is 0. The molecular weight excluding hydrogens is 236 g/mol. The summed E-state index contributed by atoms with van der Waals surface area (Å²) < 4.78 is 5.25. The predicted octanol–water partition coefficient (Wildman–Crippen LogP) is 2.06. The smallest absolute Gasteiger partial charge is 0.410 e. The van der Waals surface area contributed by atoms with Crippen LogP contribution in [0.15, 0.2) is 5.11 Å². The van der Waals surface area contributed by atoms with E-state index >= 15 is 0 Å². The highest BCUT2D eigenvalue weighted by Gasteiger charge is 2.29. The molecule has 1 saturated heterocycles. The van der Waals surface area contributed by atoms with Crippen molar-refractivity contribution in [3.63, 3.8) is 0 Å². The Kier molecular flexibility index (Phi) is 4.81. The number of carbonyl (C=O) groups excluding carboxylic acids is 1. The quantitative estimate of drug-likeness (QED) is 0.441. The van der Waals surface area contributed by atoms with Gasteiger partial charge in [0.15, 0.2) is 0 Å². The molecule has 0 aromatic rings. The molecule has 1 fully saturated rings. The lowest BCUT2D eigenvalue weighted by molar-refractivity contribution is 0.0163. The van der Waals surface area contributed by atoms with E-state index in [1.165, 1.54) is 4.90 Å². The molecule has 0 aliphatic carbocycles. The molecule has 7 nitrogen and oxygen atoms in total. The van der Waals surface area contributed by atoms with Crippen LogP contribution in [0.3, 0.4) is 0 Å². The first-order valence-electron chi connectivity index (χ1n) is 6.03. The minimum Gasteiger partial charge on any atom is -0.444 e. The van der Waals surface area contributed by atoms with E-state index in [2.05, 4.69) is 10.0 Å². The van der Waals surface area contributed by atoms with Gasteiger partial charge in [0.1, 0.15) is 5.60 Å². The molecule has 1 heterocycles. The van der Waals surface area contributed by atoms with E-state index in [-0.39, 0.29) is 6.54 Å². The Morgan fingerprint density at radius 1 is 1.56 bits per heavy atom. The van der Waals surface area contributed by atoms with Crippen LogP contribution in [0, 0.1) is 0 Å². The van der Waals surface area contributed by atoms with Crippen molar-refractivity contribution < 1.29 is 14.6 Å². The zero-order valence-electron chi connectivity index (χ0n) is 11.0. The second-order valence-electron chi connectivity index (χ2n) is 5.41. The largest absolute Gasteiger partial charge is 0.444 e. The van der Waals surface area contributed by atoms with Gasteiger partial charge in [-0.3, -0.25) is 0 Å². The van der Waals surface area contributed by atoms with E-state index in [0.717, 1.165) is 0 Å². The molecule has 1 aliphatic heterocycles. The molecule has 1 aliphatic rings. The van der Waals surface area contributed by atoms with Gasteiger partial charge in [0.05, 0.1) is 18.7 Å². The number of β-amino-alcohol motifs (C(OH)–C–C–N with tert-alkyl or cyclic N) is 1. The van der Waals surface area contributed by atoms with Crippen molar-refractivity contribution in [1.82, 2.24) is 4.90 Å². The van der Waals surface area contributed by atoms with Crippen molar-refractivity contribution in [2.75, 3.05) is 13.1 Å². The Morgan fingerprint density at radius 2 is 2.22 bits per heavy atom. The van der Waals surface area contributed by atoms with Gasteiger partial charge in [-0.1, -0.05) is 5.11 Å². The minimum atomic E-state index is -0.837. The maximum atomic E-state index is 11.9. The standard InChI is InChI=1S/C11H20N4O3/c1-11(2,3)18-10(17)15-6-4-5-8(13-14-12)9(16)7-15/h8-9,16H,4-7H2,1-3H3. The van der Waals surface area contributed by atoms with Gasteiger partial charge in [0, 0.05) is 11.5 Å². The molecule has 2 atom stereocenters. The van der Waals surface area contributed by atoms with Crippen LogP contribution >= 0.6 is 0 Å². The molecule has 0 bridgehead atoms. The van der Waals surface area contributed by atoms with E-state index in [9.17, 15) is 9.90 Å². The summed E-state index contributed by atoms with van der Waals surface area (Å²) in [6.45, 7) is 6.02. The number of likely N-dealkylation sites (tertiary alicyclic amines) is 1. The first-order chi connectivity index (χ1) is 8.33. The molecule has 7 heteroatoms. The van der Waals surface area contributed by atoms with Crippen molar-refractivity contribution in [2.45, 2.75) is 51.4 Å². The molecule has 0 radical (unpaired) electrons. The number of aliphatic hydroxyl groups excluding tert-OH is 1. The summed E-state index contributed by atoms with van der Waals surface area (Å²) in [6, 6.07) is -0.470. The highest BCUT2D eigenvalue weighted by molar-refractivity contribution is 5.68. The van der Waals surface area contributed by atoms with Crippen LogP contribution in [0.4, 0.5) is 4.79 Å². The molecule has 0 spiro atoms. The number of hydrogen-bond acceptors (Lipinski definition) is 4. The Morgan fingerprint density at radius 3 is 2.78 bits per heavy atom. The van der Waals surface area contributed by atoms with Gasteiger partial charge in [-0.15, -0.1) is 0 Å². The number of amides is 1. The zero-order chi connectivity index (χ0) is 13.8.